The maximum Gasteiger partial charge on any atom is 0.142 e. The molecule has 0 aliphatic heterocycles. The maximum absolute atomic E-state index is 15.6. The van der Waals surface area contributed by atoms with Crippen LogP contribution in [0.4, 0.5) is 8.78 Å². The van der Waals surface area contributed by atoms with E-state index in [2.05, 4.69) is 15.9 Å². The van der Waals surface area contributed by atoms with Crippen molar-refractivity contribution in [1.82, 2.24) is 9.97 Å². The molecular weight excluding hydrogens is 406 g/mol. The van der Waals surface area contributed by atoms with E-state index in [4.69, 9.17) is 6.42 Å². The van der Waals surface area contributed by atoms with Crippen LogP contribution in [0.1, 0.15) is 54.8 Å². The summed E-state index contributed by atoms with van der Waals surface area (Å²) in [4.78, 5) is 21.1. The highest BCUT2D eigenvalue weighted by molar-refractivity contribution is 5.83. The molecule has 0 bridgehead atoms. The Labute approximate surface area is 186 Å². The summed E-state index contributed by atoms with van der Waals surface area (Å²) in [5, 5.41) is 0.850. The van der Waals surface area contributed by atoms with Crippen molar-refractivity contribution in [3.05, 3.63) is 71.4 Å². The molecule has 2 saturated carbocycles. The van der Waals surface area contributed by atoms with Gasteiger partial charge in [0.25, 0.3) is 0 Å². The van der Waals surface area contributed by atoms with Gasteiger partial charge in [-0.05, 0) is 85.4 Å². The van der Waals surface area contributed by atoms with Crippen LogP contribution in [0.2, 0.25) is 0 Å². The van der Waals surface area contributed by atoms with E-state index in [9.17, 15) is 9.18 Å². The second kappa shape index (κ2) is 8.09. The van der Waals surface area contributed by atoms with Gasteiger partial charge in [-0.2, -0.15) is 0 Å². The summed E-state index contributed by atoms with van der Waals surface area (Å²) in [6, 6.07) is 10.1. The lowest BCUT2D eigenvalue weighted by atomic mass is 9.87. The van der Waals surface area contributed by atoms with Crippen LogP contribution in [0.3, 0.4) is 0 Å². The van der Waals surface area contributed by atoms with Crippen LogP contribution in [-0.2, 0) is 11.2 Å². The number of hydrogen-bond donors (Lipinski definition) is 0. The van der Waals surface area contributed by atoms with Crippen LogP contribution in [-0.4, -0.2) is 21.4 Å². The third-order valence-corrected chi connectivity index (χ3v) is 7.16. The largest absolute Gasteiger partial charge is 0.299 e. The number of benzene rings is 1. The maximum atomic E-state index is 15.6. The number of halogens is 2. The van der Waals surface area contributed by atoms with Crippen LogP contribution in [0.25, 0.3) is 10.9 Å². The van der Waals surface area contributed by atoms with Crippen molar-refractivity contribution in [3.63, 3.8) is 0 Å². The minimum Gasteiger partial charge on any atom is -0.299 e. The Balaban J connectivity index is 1.24. The van der Waals surface area contributed by atoms with Gasteiger partial charge in [0.15, 0.2) is 0 Å². The third kappa shape index (κ3) is 4.02. The summed E-state index contributed by atoms with van der Waals surface area (Å²) in [5.74, 6) is 2.88. The molecule has 2 fully saturated rings. The number of ketones is 1. The molecule has 0 spiro atoms. The standard InChI is InChI=1S/C27H24F2N2O/c1-2-17-3-5-22(31-16-17)12-23(32)15-27(29)13-19-9-18(10-20(19)14-27)24-7-8-30-26-6-4-21(28)11-25(24)26/h1,3-8,11,16,18-20H,9-10,12-15H2/t18?,19-,20+,27?. The highest BCUT2D eigenvalue weighted by Gasteiger charge is 2.50. The van der Waals surface area contributed by atoms with Crippen molar-refractivity contribution >= 4 is 16.7 Å². The quantitative estimate of drug-likeness (QED) is 0.498. The van der Waals surface area contributed by atoms with Crippen LogP contribution in [0, 0.1) is 30.0 Å². The Hall–Kier alpha value is -3.13. The summed E-state index contributed by atoms with van der Waals surface area (Å²) >= 11 is 0. The molecule has 32 heavy (non-hydrogen) atoms. The van der Waals surface area contributed by atoms with Gasteiger partial charge in [-0.1, -0.05) is 5.92 Å². The van der Waals surface area contributed by atoms with Crippen molar-refractivity contribution in [2.75, 3.05) is 0 Å². The number of carbonyl (C=O) groups excluding carboxylic acids is 1. The number of fused-ring (bicyclic) bond motifs is 2. The van der Waals surface area contributed by atoms with E-state index in [1.807, 2.05) is 6.07 Å². The van der Waals surface area contributed by atoms with E-state index >= 15 is 4.39 Å². The molecule has 0 N–H and O–H groups in total. The van der Waals surface area contributed by atoms with Crippen molar-refractivity contribution in [1.29, 1.82) is 0 Å². The predicted molar refractivity (Wildman–Crippen MR) is 119 cm³/mol. The predicted octanol–water partition coefficient (Wildman–Crippen LogP) is 5.56. The number of hydrogen-bond acceptors (Lipinski definition) is 3. The number of pyridine rings is 2. The van der Waals surface area contributed by atoms with Crippen molar-refractivity contribution in [3.8, 4) is 12.3 Å². The Morgan fingerprint density at radius 3 is 2.59 bits per heavy atom. The van der Waals surface area contributed by atoms with Gasteiger partial charge in [-0.15, -0.1) is 6.42 Å². The number of Topliss-reactive ketones (excluding diaryl/α,β-unsaturated/α-hetero) is 1. The van der Waals surface area contributed by atoms with E-state index < -0.39 is 5.67 Å². The number of terminal acetylenes is 1. The first-order valence-corrected chi connectivity index (χ1v) is 11.1. The van der Waals surface area contributed by atoms with E-state index in [0.717, 1.165) is 29.3 Å². The normalized spacial score (nSPS) is 26.7. The zero-order chi connectivity index (χ0) is 22.3. The van der Waals surface area contributed by atoms with Crippen molar-refractivity contribution < 1.29 is 13.6 Å². The highest BCUT2D eigenvalue weighted by Crippen LogP contribution is 2.56. The van der Waals surface area contributed by atoms with E-state index in [-0.39, 0.29) is 42.2 Å². The first-order valence-electron chi connectivity index (χ1n) is 11.1. The minimum atomic E-state index is -1.44. The van der Waals surface area contributed by atoms with Crippen molar-refractivity contribution in [2.24, 2.45) is 11.8 Å². The molecule has 2 aliphatic carbocycles. The summed E-state index contributed by atoms with van der Waals surface area (Å²) in [6.07, 6.45) is 11.3. The molecule has 3 nitrogen and oxygen atoms in total. The molecule has 1 aromatic carbocycles. The molecule has 2 unspecified atom stereocenters. The van der Waals surface area contributed by atoms with Gasteiger partial charge in [-0.3, -0.25) is 14.8 Å². The SMILES string of the molecule is C#Cc1ccc(CC(=O)CC2(F)C[C@H]3CC(c4ccnc5ccc(F)cc45)C[C@H]3C2)nc1. The molecule has 0 saturated heterocycles. The molecule has 5 rings (SSSR count). The summed E-state index contributed by atoms with van der Waals surface area (Å²) in [7, 11) is 0. The van der Waals surface area contributed by atoms with E-state index in [0.29, 0.717) is 24.1 Å². The zero-order valence-corrected chi connectivity index (χ0v) is 17.7. The smallest absolute Gasteiger partial charge is 0.142 e. The Bertz CT molecular complexity index is 1200. The zero-order valence-electron chi connectivity index (χ0n) is 17.7. The molecule has 162 valence electrons. The minimum absolute atomic E-state index is 0.0629. The number of rotatable bonds is 5. The molecule has 2 aliphatic rings. The average Bonchev–Trinajstić information content (AvgIpc) is 3.28. The lowest BCUT2D eigenvalue weighted by Crippen LogP contribution is -2.25. The van der Waals surface area contributed by atoms with Crippen LogP contribution < -0.4 is 0 Å². The lowest BCUT2D eigenvalue weighted by molar-refractivity contribution is -0.121. The summed E-state index contributed by atoms with van der Waals surface area (Å²) in [6.45, 7) is 0. The van der Waals surface area contributed by atoms with Gasteiger partial charge >= 0.3 is 0 Å². The van der Waals surface area contributed by atoms with Crippen LogP contribution in [0.15, 0.2) is 48.8 Å². The molecule has 0 radical (unpaired) electrons. The van der Waals surface area contributed by atoms with Gasteiger partial charge < -0.3 is 0 Å². The second-order valence-corrected chi connectivity index (χ2v) is 9.38. The number of alkyl halides is 1. The fourth-order valence-corrected chi connectivity index (χ4v) is 5.86. The summed E-state index contributed by atoms with van der Waals surface area (Å²) < 4.78 is 29.4. The molecule has 0 amide bonds. The van der Waals surface area contributed by atoms with Gasteiger partial charge in [0.05, 0.1) is 5.52 Å². The van der Waals surface area contributed by atoms with Crippen molar-refractivity contribution in [2.45, 2.75) is 50.1 Å². The van der Waals surface area contributed by atoms with Gasteiger partial charge in [0.2, 0.25) is 0 Å². The van der Waals surface area contributed by atoms with Gasteiger partial charge in [0.1, 0.15) is 17.3 Å². The molecule has 2 heterocycles. The van der Waals surface area contributed by atoms with Gasteiger partial charge in [-0.25, -0.2) is 8.78 Å². The third-order valence-electron chi connectivity index (χ3n) is 7.16. The number of nitrogens with zero attached hydrogens (tertiary/aromatic N) is 2. The molecular formula is C27H24F2N2O. The number of aromatic nitrogens is 2. The fraction of sp³-hybridized carbons (Fsp3) is 0.370. The fourth-order valence-electron chi connectivity index (χ4n) is 5.86. The van der Waals surface area contributed by atoms with Gasteiger partial charge in [0, 0.05) is 41.9 Å². The first kappa shape index (κ1) is 20.8. The molecule has 3 aromatic rings. The highest BCUT2D eigenvalue weighted by atomic mass is 19.1. The average molecular weight is 430 g/mol. The lowest BCUT2D eigenvalue weighted by Gasteiger charge is -2.22. The molecule has 2 aromatic heterocycles. The van der Waals surface area contributed by atoms with Crippen LogP contribution >= 0.6 is 0 Å². The second-order valence-electron chi connectivity index (χ2n) is 9.38. The summed E-state index contributed by atoms with van der Waals surface area (Å²) in [5.41, 5.74) is 1.72. The Kier molecular flexibility index (Phi) is 5.25. The Morgan fingerprint density at radius 2 is 1.91 bits per heavy atom. The number of carbonyl (C=O) groups is 1. The van der Waals surface area contributed by atoms with E-state index in [1.165, 1.54) is 6.07 Å². The topological polar surface area (TPSA) is 42.9 Å². The monoisotopic (exact) mass is 430 g/mol. The molecule has 4 atom stereocenters. The van der Waals surface area contributed by atoms with E-state index in [1.54, 1.807) is 36.7 Å². The Morgan fingerprint density at radius 1 is 1.12 bits per heavy atom. The first-order chi connectivity index (χ1) is 15.4. The van der Waals surface area contributed by atoms with Crippen LogP contribution in [0.5, 0.6) is 0 Å². The molecule has 5 heteroatoms.